The average Bonchev–Trinajstić information content (AvgIpc) is 2.85. The van der Waals surface area contributed by atoms with Crippen molar-refractivity contribution in [3.05, 3.63) is 42.2 Å². The molecular formula is C16H20N2O. The van der Waals surface area contributed by atoms with Crippen LogP contribution in [0.5, 0.6) is 0 Å². The third kappa shape index (κ3) is 2.77. The van der Waals surface area contributed by atoms with Gasteiger partial charge in [-0.05, 0) is 29.7 Å². The molecule has 1 aromatic carbocycles. The summed E-state index contributed by atoms with van der Waals surface area (Å²) in [6.07, 6.45) is 6.98. The molecule has 2 atom stereocenters. The first kappa shape index (κ1) is 12.6. The number of aliphatic hydroxyl groups excluding tert-OH is 1. The van der Waals surface area contributed by atoms with Gasteiger partial charge < -0.3 is 10.4 Å². The van der Waals surface area contributed by atoms with Crippen molar-refractivity contribution in [3.8, 4) is 0 Å². The summed E-state index contributed by atoms with van der Waals surface area (Å²) in [4.78, 5) is 4.29. The number of fused-ring (bicyclic) bond motifs is 1. The minimum absolute atomic E-state index is 0.113. The van der Waals surface area contributed by atoms with E-state index in [4.69, 9.17) is 0 Å². The van der Waals surface area contributed by atoms with E-state index in [0.717, 1.165) is 32.4 Å². The van der Waals surface area contributed by atoms with Crippen LogP contribution in [0.4, 0.5) is 0 Å². The molecule has 3 rings (SSSR count). The number of nitrogens with one attached hydrogen (secondary N) is 1. The van der Waals surface area contributed by atoms with E-state index >= 15 is 0 Å². The predicted octanol–water partition coefficient (Wildman–Crippen LogP) is 2.49. The Morgan fingerprint density at radius 3 is 2.95 bits per heavy atom. The lowest BCUT2D eigenvalue weighted by atomic mass is 10.1. The summed E-state index contributed by atoms with van der Waals surface area (Å²) >= 11 is 0. The van der Waals surface area contributed by atoms with Crippen LogP contribution in [0.15, 0.2) is 36.7 Å². The number of hydrogen-bond acceptors (Lipinski definition) is 3. The van der Waals surface area contributed by atoms with Crippen molar-refractivity contribution in [2.45, 2.75) is 31.9 Å². The van der Waals surface area contributed by atoms with Crippen LogP contribution in [-0.4, -0.2) is 22.7 Å². The fourth-order valence-electron chi connectivity index (χ4n) is 2.97. The second-order valence-electron chi connectivity index (χ2n) is 5.41. The molecule has 3 heteroatoms. The molecule has 1 fully saturated rings. The van der Waals surface area contributed by atoms with Crippen LogP contribution < -0.4 is 5.32 Å². The minimum Gasteiger partial charge on any atom is -0.393 e. The fraction of sp³-hybridized carbons (Fsp3) is 0.438. The van der Waals surface area contributed by atoms with Crippen molar-refractivity contribution in [3.63, 3.8) is 0 Å². The highest BCUT2D eigenvalue weighted by molar-refractivity contribution is 5.84. The first-order valence-electron chi connectivity index (χ1n) is 7.05. The van der Waals surface area contributed by atoms with Gasteiger partial charge in [-0.1, -0.05) is 30.7 Å². The molecule has 2 aromatic rings. The van der Waals surface area contributed by atoms with E-state index in [1.807, 2.05) is 18.5 Å². The van der Waals surface area contributed by atoms with Gasteiger partial charge in [-0.2, -0.15) is 0 Å². The molecule has 2 unspecified atom stereocenters. The van der Waals surface area contributed by atoms with Gasteiger partial charge >= 0.3 is 0 Å². The van der Waals surface area contributed by atoms with Crippen LogP contribution >= 0.6 is 0 Å². The van der Waals surface area contributed by atoms with E-state index in [0.29, 0.717) is 5.92 Å². The zero-order chi connectivity index (χ0) is 13.1. The van der Waals surface area contributed by atoms with Crippen LogP contribution in [-0.2, 0) is 6.54 Å². The van der Waals surface area contributed by atoms with Crippen molar-refractivity contribution >= 4 is 10.8 Å². The molecule has 1 aromatic heterocycles. The Balaban J connectivity index is 1.65. The first-order chi connectivity index (χ1) is 9.34. The third-order valence-corrected chi connectivity index (χ3v) is 4.09. The molecular weight excluding hydrogens is 236 g/mol. The van der Waals surface area contributed by atoms with E-state index in [1.165, 1.54) is 16.3 Å². The van der Waals surface area contributed by atoms with Crippen molar-refractivity contribution in [1.29, 1.82) is 0 Å². The number of rotatable bonds is 4. The lowest BCUT2D eigenvalue weighted by Crippen LogP contribution is -2.27. The molecule has 0 spiro atoms. The van der Waals surface area contributed by atoms with E-state index in [2.05, 4.69) is 28.5 Å². The maximum Gasteiger partial charge on any atom is 0.0580 e. The normalized spacial score (nSPS) is 23.0. The van der Waals surface area contributed by atoms with Gasteiger partial charge in [0.05, 0.1) is 6.10 Å². The zero-order valence-corrected chi connectivity index (χ0v) is 11.0. The van der Waals surface area contributed by atoms with Gasteiger partial charge in [0.15, 0.2) is 0 Å². The molecule has 1 heterocycles. The topological polar surface area (TPSA) is 45.1 Å². The van der Waals surface area contributed by atoms with Gasteiger partial charge in [0.2, 0.25) is 0 Å². The van der Waals surface area contributed by atoms with Crippen molar-refractivity contribution in [1.82, 2.24) is 10.3 Å². The van der Waals surface area contributed by atoms with Gasteiger partial charge in [0.25, 0.3) is 0 Å². The maximum atomic E-state index is 9.81. The van der Waals surface area contributed by atoms with Crippen LogP contribution in [0, 0.1) is 5.92 Å². The second-order valence-corrected chi connectivity index (χ2v) is 5.41. The lowest BCUT2D eigenvalue weighted by molar-refractivity contribution is 0.131. The largest absolute Gasteiger partial charge is 0.393 e. The predicted molar refractivity (Wildman–Crippen MR) is 76.8 cm³/mol. The Hall–Kier alpha value is -1.45. The molecule has 0 amide bonds. The highest BCUT2D eigenvalue weighted by atomic mass is 16.3. The Labute approximate surface area is 113 Å². The first-order valence-corrected chi connectivity index (χ1v) is 7.05. The van der Waals surface area contributed by atoms with Gasteiger partial charge in [-0.3, -0.25) is 4.98 Å². The number of benzene rings is 1. The molecule has 19 heavy (non-hydrogen) atoms. The zero-order valence-electron chi connectivity index (χ0n) is 11.0. The molecule has 100 valence electrons. The molecule has 0 bridgehead atoms. The number of pyridine rings is 1. The van der Waals surface area contributed by atoms with Crippen molar-refractivity contribution in [2.24, 2.45) is 5.92 Å². The van der Waals surface area contributed by atoms with Crippen LogP contribution in [0.3, 0.4) is 0 Å². The van der Waals surface area contributed by atoms with Crippen LogP contribution in [0.2, 0.25) is 0 Å². The van der Waals surface area contributed by atoms with E-state index < -0.39 is 0 Å². The number of hydrogen-bond donors (Lipinski definition) is 2. The molecule has 1 aliphatic rings. The summed E-state index contributed by atoms with van der Waals surface area (Å²) in [7, 11) is 0. The summed E-state index contributed by atoms with van der Waals surface area (Å²) in [5.41, 5.74) is 1.23. The summed E-state index contributed by atoms with van der Waals surface area (Å²) in [5, 5.41) is 15.7. The highest BCUT2D eigenvalue weighted by Crippen LogP contribution is 2.25. The third-order valence-electron chi connectivity index (χ3n) is 4.09. The Morgan fingerprint density at radius 1 is 1.21 bits per heavy atom. The highest BCUT2D eigenvalue weighted by Gasteiger charge is 2.24. The van der Waals surface area contributed by atoms with Gasteiger partial charge in [-0.15, -0.1) is 0 Å². The van der Waals surface area contributed by atoms with E-state index in [9.17, 15) is 5.11 Å². The Bertz CT molecular complexity index is 550. The minimum atomic E-state index is -0.113. The number of aliphatic hydroxyl groups is 1. The van der Waals surface area contributed by atoms with Gasteiger partial charge in [0, 0.05) is 30.9 Å². The molecule has 1 saturated carbocycles. The second kappa shape index (κ2) is 5.68. The molecule has 1 aliphatic carbocycles. The van der Waals surface area contributed by atoms with E-state index in [-0.39, 0.29) is 6.10 Å². The summed E-state index contributed by atoms with van der Waals surface area (Å²) in [6.45, 7) is 1.71. The van der Waals surface area contributed by atoms with Crippen LogP contribution in [0.25, 0.3) is 10.8 Å². The van der Waals surface area contributed by atoms with Crippen molar-refractivity contribution < 1.29 is 5.11 Å². The molecule has 0 radical (unpaired) electrons. The van der Waals surface area contributed by atoms with Crippen molar-refractivity contribution in [2.75, 3.05) is 6.54 Å². The molecule has 0 aliphatic heterocycles. The molecule has 0 saturated heterocycles. The fourth-order valence-corrected chi connectivity index (χ4v) is 2.97. The standard InChI is InChI=1S/C16H20N2O/c19-16-7-3-5-13(16)9-18-11-14-10-17-8-12-4-1-2-6-15(12)14/h1-2,4,6,8,10,13,16,18-19H,3,5,7,9,11H2. The Morgan fingerprint density at radius 2 is 2.11 bits per heavy atom. The summed E-state index contributed by atoms with van der Waals surface area (Å²) < 4.78 is 0. The van der Waals surface area contributed by atoms with Crippen LogP contribution in [0.1, 0.15) is 24.8 Å². The molecule has 2 N–H and O–H groups in total. The SMILES string of the molecule is OC1CCCC1CNCc1cncc2ccccc12. The quantitative estimate of drug-likeness (QED) is 0.883. The van der Waals surface area contributed by atoms with Gasteiger partial charge in [0.1, 0.15) is 0 Å². The monoisotopic (exact) mass is 256 g/mol. The summed E-state index contributed by atoms with van der Waals surface area (Å²) in [6, 6.07) is 8.33. The Kier molecular flexibility index (Phi) is 3.76. The van der Waals surface area contributed by atoms with Gasteiger partial charge in [-0.25, -0.2) is 0 Å². The molecule has 3 nitrogen and oxygen atoms in total. The van der Waals surface area contributed by atoms with E-state index in [1.54, 1.807) is 0 Å². The maximum absolute atomic E-state index is 9.81. The smallest absolute Gasteiger partial charge is 0.0580 e. The summed E-state index contributed by atoms with van der Waals surface area (Å²) in [5.74, 6) is 0.419. The number of nitrogens with zero attached hydrogens (tertiary/aromatic N) is 1. The average molecular weight is 256 g/mol. The number of aromatic nitrogens is 1. The lowest BCUT2D eigenvalue weighted by Gasteiger charge is -2.15.